The van der Waals surface area contributed by atoms with Crippen molar-refractivity contribution >= 4 is 5.91 Å². The van der Waals surface area contributed by atoms with E-state index in [4.69, 9.17) is 0 Å². The Morgan fingerprint density at radius 3 is 2.00 bits per heavy atom. The van der Waals surface area contributed by atoms with Crippen LogP contribution in [0.2, 0.25) is 0 Å². The molecule has 26 heavy (non-hydrogen) atoms. The van der Waals surface area contributed by atoms with E-state index in [1.807, 2.05) is 50.2 Å². The van der Waals surface area contributed by atoms with Gasteiger partial charge in [0.05, 0.1) is 24.5 Å². The molecule has 0 aliphatic heterocycles. The summed E-state index contributed by atoms with van der Waals surface area (Å²) in [5.41, 5.74) is 3.31. The van der Waals surface area contributed by atoms with Gasteiger partial charge in [0.2, 0.25) is 0 Å². The second kappa shape index (κ2) is 7.74. The van der Waals surface area contributed by atoms with Crippen molar-refractivity contribution in [3.63, 3.8) is 0 Å². The minimum absolute atomic E-state index is 0.0211. The summed E-state index contributed by atoms with van der Waals surface area (Å²) >= 11 is 0. The first-order valence-corrected chi connectivity index (χ1v) is 8.31. The summed E-state index contributed by atoms with van der Waals surface area (Å²) in [5.74, 6) is -0.508. The van der Waals surface area contributed by atoms with Gasteiger partial charge in [-0.1, -0.05) is 12.1 Å². The molecule has 0 radical (unpaired) electrons. The molecule has 3 rings (SSSR count). The van der Waals surface area contributed by atoms with Crippen LogP contribution in [0.3, 0.4) is 0 Å². The number of hydrogen-bond acceptors (Lipinski definition) is 5. The molecule has 1 N–H and O–H groups in total. The lowest BCUT2D eigenvalue weighted by atomic mass is 10.2. The van der Waals surface area contributed by atoms with Crippen molar-refractivity contribution in [1.29, 1.82) is 0 Å². The quantitative estimate of drug-likeness (QED) is 0.767. The fourth-order valence-corrected chi connectivity index (χ4v) is 2.68. The van der Waals surface area contributed by atoms with E-state index in [0.717, 1.165) is 22.8 Å². The highest BCUT2D eigenvalue weighted by atomic mass is 16.3. The van der Waals surface area contributed by atoms with Gasteiger partial charge in [-0.05, 0) is 50.2 Å². The van der Waals surface area contributed by atoms with Gasteiger partial charge >= 0.3 is 0 Å². The van der Waals surface area contributed by atoms with Crippen molar-refractivity contribution in [3.8, 4) is 5.75 Å². The topological polar surface area (TPSA) is 79.2 Å². The minimum Gasteiger partial charge on any atom is -0.505 e. The van der Waals surface area contributed by atoms with Crippen molar-refractivity contribution in [3.05, 3.63) is 83.2 Å². The summed E-state index contributed by atoms with van der Waals surface area (Å²) in [4.78, 5) is 27.6. The highest BCUT2D eigenvalue weighted by Gasteiger charge is 2.21. The van der Waals surface area contributed by atoms with Gasteiger partial charge in [-0.25, -0.2) is 4.98 Å². The molecule has 3 aromatic heterocycles. The van der Waals surface area contributed by atoms with E-state index in [-0.39, 0.29) is 17.4 Å². The Bertz CT molecular complexity index is 879. The van der Waals surface area contributed by atoms with Crippen LogP contribution in [0.25, 0.3) is 0 Å². The van der Waals surface area contributed by atoms with Crippen molar-refractivity contribution < 1.29 is 9.90 Å². The predicted octanol–water partition coefficient (Wildman–Crippen LogP) is 3.04. The number of amides is 1. The third-order valence-electron chi connectivity index (χ3n) is 3.87. The van der Waals surface area contributed by atoms with Gasteiger partial charge in [0.25, 0.3) is 5.91 Å². The maximum Gasteiger partial charge on any atom is 0.277 e. The Morgan fingerprint density at radius 1 is 0.923 bits per heavy atom. The van der Waals surface area contributed by atoms with Gasteiger partial charge in [0.1, 0.15) is 5.75 Å². The van der Waals surface area contributed by atoms with Crippen molar-refractivity contribution in [2.24, 2.45) is 0 Å². The van der Waals surface area contributed by atoms with Crippen LogP contribution in [0.4, 0.5) is 0 Å². The zero-order valence-electron chi connectivity index (χ0n) is 14.8. The number of hydrogen-bond donors (Lipinski definition) is 1. The number of aromatic nitrogens is 3. The Morgan fingerprint density at radius 2 is 1.50 bits per heavy atom. The van der Waals surface area contributed by atoms with Crippen molar-refractivity contribution in [2.75, 3.05) is 0 Å². The van der Waals surface area contributed by atoms with Crippen molar-refractivity contribution in [2.45, 2.75) is 26.9 Å². The molecule has 0 saturated heterocycles. The Labute approximate surface area is 152 Å². The molecule has 0 atom stereocenters. The smallest absolute Gasteiger partial charge is 0.277 e. The fraction of sp³-hybridized carbons (Fsp3) is 0.200. The average Bonchev–Trinajstić information content (AvgIpc) is 2.61. The summed E-state index contributed by atoms with van der Waals surface area (Å²) in [7, 11) is 0. The standard InChI is InChI=1S/C20H20N4O2/c1-14-6-3-8-16(22-14)12-24(13-17-9-4-7-15(2)23-17)20(26)19-18(25)10-5-11-21-19/h3-11,25H,12-13H2,1-2H3. The van der Waals surface area contributed by atoms with E-state index in [9.17, 15) is 9.90 Å². The molecule has 3 heterocycles. The first kappa shape index (κ1) is 17.5. The molecule has 3 aromatic rings. The van der Waals surface area contributed by atoms with Crippen LogP contribution >= 0.6 is 0 Å². The zero-order chi connectivity index (χ0) is 18.5. The van der Waals surface area contributed by atoms with Gasteiger partial charge in [-0.2, -0.15) is 0 Å². The summed E-state index contributed by atoms with van der Waals surface area (Å²) in [6.45, 7) is 4.41. The highest BCUT2D eigenvalue weighted by Crippen LogP contribution is 2.18. The largest absolute Gasteiger partial charge is 0.505 e. The lowest BCUT2D eigenvalue weighted by Gasteiger charge is -2.22. The van der Waals surface area contributed by atoms with Gasteiger partial charge < -0.3 is 10.0 Å². The Kier molecular flexibility index (Phi) is 5.22. The normalized spacial score (nSPS) is 10.5. The number of rotatable bonds is 5. The van der Waals surface area contributed by atoms with Crippen molar-refractivity contribution in [1.82, 2.24) is 19.9 Å². The molecule has 0 aliphatic carbocycles. The van der Waals surface area contributed by atoms with Crippen LogP contribution in [0, 0.1) is 13.8 Å². The molecule has 6 heteroatoms. The number of aromatic hydroxyl groups is 1. The van der Waals surface area contributed by atoms with Crippen LogP contribution in [-0.2, 0) is 13.1 Å². The van der Waals surface area contributed by atoms with E-state index >= 15 is 0 Å². The van der Waals surface area contributed by atoms with E-state index in [0.29, 0.717) is 13.1 Å². The molecule has 0 fully saturated rings. The third kappa shape index (κ3) is 4.22. The molecule has 0 unspecified atom stereocenters. The van der Waals surface area contributed by atoms with E-state index in [2.05, 4.69) is 15.0 Å². The number of nitrogens with zero attached hydrogens (tertiary/aromatic N) is 4. The molecule has 6 nitrogen and oxygen atoms in total. The number of carbonyl (C=O) groups excluding carboxylic acids is 1. The summed E-state index contributed by atoms with van der Waals surface area (Å²) in [5, 5.41) is 10.0. The van der Waals surface area contributed by atoms with E-state index in [1.165, 1.54) is 12.3 Å². The molecule has 132 valence electrons. The van der Waals surface area contributed by atoms with Gasteiger partial charge in [0.15, 0.2) is 5.69 Å². The van der Waals surface area contributed by atoms with Crippen LogP contribution in [0.15, 0.2) is 54.7 Å². The summed E-state index contributed by atoms with van der Waals surface area (Å²) < 4.78 is 0. The summed E-state index contributed by atoms with van der Waals surface area (Å²) in [6, 6.07) is 14.4. The second-order valence-corrected chi connectivity index (χ2v) is 6.07. The highest BCUT2D eigenvalue weighted by molar-refractivity contribution is 5.94. The van der Waals surface area contributed by atoms with Crippen LogP contribution in [-0.4, -0.2) is 30.9 Å². The Balaban J connectivity index is 1.92. The Hall–Kier alpha value is -3.28. The zero-order valence-corrected chi connectivity index (χ0v) is 14.8. The lowest BCUT2D eigenvalue weighted by Crippen LogP contribution is -2.31. The molecular formula is C20H20N4O2. The first-order valence-electron chi connectivity index (χ1n) is 8.31. The molecule has 0 saturated carbocycles. The molecule has 0 bridgehead atoms. The molecule has 0 aliphatic rings. The molecule has 1 amide bonds. The predicted molar refractivity (Wildman–Crippen MR) is 97.4 cm³/mol. The average molecular weight is 348 g/mol. The van der Waals surface area contributed by atoms with Crippen LogP contribution in [0.5, 0.6) is 5.75 Å². The maximum absolute atomic E-state index is 13.0. The second-order valence-electron chi connectivity index (χ2n) is 6.07. The number of carbonyl (C=O) groups is 1. The number of pyridine rings is 3. The maximum atomic E-state index is 13.0. The monoisotopic (exact) mass is 348 g/mol. The summed E-state index contributed by atoms with van der Waals surface area (Å²) in [6.07, 6.45) is 1.49. The van der Waals surface area contributed by atoms with E-state index < -0.39 is 0 Å². The lowest BCUT2D eigenvalue weighted by molar-refractivity contribution is 0.0716. The van der Waals surface area contributed by atoms with E-state index in [1.54, 1.807) is 11.0 Å². The minimum atomic E-state index is -0.366. The SMILES string of the molecule is Cc1cccc(CN(Cc2cccc(C)n2)C(=O)c2ncccc2O)n1. The van der Waals surface area contributed by atoms with Gasteiger partial charge in [-0.3, -0.25) is 14.8 Å². The van der Waals surface area contributed by atoms with Gasteiger partial charge in [-0.15, -0.1) is 0 Å². The third-order valence-corrected chi connectivity index (χ3v) is 3.87. The fourth-order valence-electron chi connectivity index (χ4n) is 2.68. The first-order chi connectivity index (χ1) is 12.5. The van der Waals surface area contributed by atoms with Crippen LogP contribution < -0.4 is 0 Å². The molecule has 0 spiro atoms. The molecular weight excluding hydrogens is 328 g/mol. The van der Waals surface area contributed by atoms with Gasteiger partial charge in [0, 0.05) is 17.6 Å². The number of aryl methyl sites for hydroxylation is 2. The van der Waals surface area contributed by atoms with Crippen LogP contribution in [0.1, 0.15) is 33.3 Å². The molecule has 0 aromatic carbocycles.